The van der Waals surface area contributed by atoms with Gasteiger partial charge in [0.25, 0.3) is 0 Å². The number of oxazole rings is 1. The average Bonchev–Trinajstić information content (AvgIpc) is 2.84. The van der Waals surface area contributed by atoms with Crippen LogP contribution in [0.2, 0.25) is 0 Å². The van der Waals surface area contributed by atoms with Gasteiger partial charge in [-0.05, 0) is 13.3 Å². The lowest BCUT2D eigenvalue weighted by atomic mass is 10.0. The maximum atomic E-state index is 10.9. The molecule has 0 aliphatic rings. The number of aryl methyl sites for hydroxylation is 1. The molecule has 21 heavy (non-hydrogen) atoms. The predicted molar refractivity (Wildman–Crippen MR) is 82.4 cm³/mol. The number of nitrogens with two attached hydrogens (primary N) is 1. The molecule has 5 heteroatoms. The normalized spacial score (nSPS) is 12.5. The minimum atomic E-state index is -1.07. The highest BCUT2D eigenvalue weighted by Gasteiger charge is 2.19. The lowest BCUT2D eigenvalue weighted by Crippen LogP contribution is -2.11. The Hall–Kier alpha value is -1.36. The molecule has 0 fully saturated rings. The molecular formula is C16H28N2O3. The van der Waals surface area contributed by atoms with Gasteiger partial charge in [-0.3, -0.25) is 0 Å². The average molecular weight is 296 g/mol. The topological polar surface area (TPSA) is 89.3 Å². The smallest absolute Gasteiger partial charge is 0.358 e. The van der Waals surface area contributed by atoms with Gasteiger partial charge >= 0.3 is 5.97 Å². The molecule has 0 unspecified atom stereocenters. The zero-order valence-corrected chi connectivity index (χ0v) is 13.2. The fourth-order valence-corrected chi connectivity index (χ4v) is 2.40. The quantitative estimate of drug-likeness (QED) is 0.597. The number of nitrogens with zero attached hydrogens (tertiary/aromatic N) is 1. The third-order valence-corrected chi connectivity index (χ3v) is 3.70. The summed E-state index contributed by atoms with van der Waals surface area (Å²) in [5.41, 5.74) is 5.98. The molecule has 5 nitrogen and oxygen atoms in total. The molecule has 0 aromatic carbocycles. The summed E-state index contributed by atoms with van der Waals surface area (Å²) in [6, 6.07) is -0.308. The molecule has 1 heterocycles. The van der Waals surface area contributed by atoms with E-state index < -0.39 is 5.97 Å². The molecule has 0 spiro atoms. The first kappa shape index (κ1) is 17.7. The maximum absolute atomic E-state index is 10.9. The number of carbonyl (C=O) groups is 1. The van der Waals surface area contributed by atoms with Gasteiger partial charge in [0.1, 0.15) is 5.76 Å². The second kappa shape index (κ2) is 9.55. The van der Waals surface area contributed by atoms with Gasteiger partial charge in [-0.15, -0.1) is 0 Å². The van der Waals surface area contributed by atoms with Gasteiger partial charge in [0, 0.05) is 0 Å². The Labute approximate surface area is 126 Å². The number of unbranched alkanes of at least 4 members (excludes halogenated alkanes) is 7. The summed E-state index contributed by atoms with van der Waals surface area (Å²) in [5, 5.41) is 8.93. The van der Waals surface area contributed by atoms with Crippen LogP contribution in [-0.4, -0.2) is 16.1 Å². The van der Waals surface area contributed by atoms with Crippen LogP contribution in [0, 0.1) is 6.92 Å². The number of rotatable bonds is 11. The van der Waals surface area contributed by atoms with Crippen LogP contribution in [0.1, 0.15) is 92.9 Å². The van der Waals surface area contributed by atoms with Gasteiger partial charge in [0.2, 0.25) is 5.89 Å². The fraction of sp³-hybridized carbons (Fsp3) is 0.750. The van der Waals surface area contributed by atoms with E-state index in [0.29, 0.717) is 11.7 Å². The van der Waals surface area contributed by atoms with Gasteiger partial charge in [-0.1, -0.05) is 58.3 Å². The van der Waals surface area contributed by atoms with Crippen LogP contribution in [0.4, 0.5) is 0 Å². The van der Waals surface area contributed by atoms with Crippen LogP contribution in [-0.2, 0) is 0 Å². The van der Waals surface area contributed by atoms with Crippen molar-refractivity contribution in [3.63, 3.8) is 0 Å². The van der Waals surface area contributed by atoms with Gasteiger partial charge in [0.05, 0.1) is 6.04 Å². The summed E-state index contributed by atoms with van der Waals surface area (Å²) in [6.45, 7) is 3.82. The third kappa shape index (κ3) is 6.29. The summed E-state index contributed by atoms with van der Waals surface area (Å²) in [5.74, 6) is -0.404. The van der Waals surface area contributed by atoms with E-state index in [-0.39, 0.29) is 11.7 Å². The van der Waals surface area contributed by atoms with Crippen LogP contribution in [0.25, 0.3) is 0 Å². The Morgan fingerprint density at radius 1 is 1.19 bits per heavy atom. The minimum Gasteiger partial charge on any atom is -0.476 e. The molecule has 3 N–H and O–H groups in total. The standard InChI is InChI=1S/C16H28N2O3/c1-3-4-5-6-7-8-9-10-11-13(17)15-18-14(16(19)20)12(2)21-15/h13H,3-11,17H2,1-2H3,(H,19,20)/t13-/m1/s1. The first-order valence-corrected chi connectivity index (χ1v) is 8.02. The van der Waals surface area contributed by atoms with Crippen molar-refractivity contribution in [2.45, 2.75) is 77.7 Å². The van der Waals surface area contributed by atoms with E-state index in [1.54, 1.807) is 6.92 Å². The van der Waals surface area contributed by atoms with Crippen LogP contribution in [0.3, 0.4) is 0 Å². The summed E-state index contributed by atoms with van der Waals surface area (Å²) in [7, 11) is 0. The molecule has 0 saturated carbocycles. The highest BCUT2D eigenvalue weighted by molar-refractivity contribution is 5.86. The fourth-order valence-electron chi connectivity index (χ4n) is 2.40. The summed E-state index contributed by atoms with van der Waals surface area (Å²) in [4.78, 5) is 14.9. The van der Waals surface area contributed by atoms with E-state index in [2.05, 4.69) is 11.9 Å². The molecule has 1 aromatic heterocycles. The molecule has 0 bridgehead atoms. The highest BCUT2D eigenvalue weighted by Crippen LogP contribution is 2.20. The van der Waals surface area contributed by atoms with Gasteiger partial charge in [-0.2, -0.15) is 0 Å². The van der Waals surface area contributed by atoms with Crippen molar-refractivity contribution < 1.29 is 14.3 Å². The minimum absolute atomic E-state index is 0.0311. The van der Waals surface area contributed by atoms with E-state index in [9.17, 15) is 4.79 Å². The number of carboxylic acid groups (broad SMARTS) is 1. The highest BCUT2D eigenvalue weighted by atomic mass is 16.4. The van der Waals surface area contributed by atoms with Crippen molar-refractivity contribution in [3.05, 3.63) is 17.3 Å². The molecule has 0 amide bonds. The van der Waals surface area contributed by atoms with E-state index in [0.717, 1.165) is 19.3 Å². The van der Waals surface area contributed by atoms with Gasteiger partial charge in [0.15, 0.2) is 5.69 Å². The zero-order valence-electron chi connectivity index (χ0n) is 13.2. The molecule has 1 rings (SSSR count). The largest absolute Gasteiger partial charge is 0.476 e. The van der Waals surface area contributed by atoms with Crippen molar-refractivity contribution in [1.29, 1.82) is 0 Å². The number of aromatic nitrogens is 1. The lowest BCUT2D eigenvalue weighted by Gasteiger charge is -2.07. The molecule has 0 radical (unpaired) electrons. The molecule has 120 valence electrons. The molecule has 0 aliphatic carbocycles. The zero-order chi connectivity index (χ0) is 15.7. The van der Waals surface area contributed by atoms with E-state index in [1.165, 1.54) is 38.5 Å². The Kier molecular flexibility index (Phi) is 8.05. The first-order valence-electron chi connectivity index (χ1n) is 8.02. The second-order valence-corrected chi connectivity index (χ2v) is 5.63. The van der Waals surface area contributed by atoms with E-state index >= 15 is 0 Å². The Balaban J connectivity index is 2.20. The van der Waals surface area contributed by atoms with Crippen molar-refractivity contribution in [1.82, 2.24) is 4.98 Å². The number of hydrogen-bond acceptors (Lipinski definition) is 4. The van der Waals surface area contributed by atoms with Crippen molar-refractivity contribution in [2.75, 3.05) is 0 Å². The van der Waals surface area contributed by atoms with Gasteiger partial charge in [-0.25, -0.2) is 9.78 Å². The summed E-state index contributed by atoms with van der Waals surface area (Å²) >= 11 is 0. The van der Waals surface area contributed by atoms with E-state index in [4.69, 9.17) is 15.3 Å². The first-order chi connectivity index (χ1) is 10.1. The lowest BCUT2D eigenvalue weighted by molar-refractivity contribution is 0.0689. The van der Waals surface area contributed by atoms with Crippen molar-refractivity contribution in [2.24, 2.45) is 5.73 Å². The van der Waals surface area contributed by atoms with Gasteiger partial charge < -0.3 is 15.3 Å². The molecule has 1 atom stereocenters. The number of aromatic carboxylic acids is 1. The van der Waals surface area contributed by atoms with E-state index in [1.807, 2.05) is 0 Å². The van der Waals surface area contributed by atoms with Crippen molar-refractivity contribution >= 4 is 5.97 Å². The third-order valence-electron chi connectivity index (χ3n) is 3.70. The Bertz CT molecular complexity index is 429. The van der Waals surface area contributed by atoms with Crippen LogP contribution >= 0.6 is 0 Å². The molecule has 0 aliphatic heterocycles. The molecule has 0 saturated heterocycles. The number of carboxylic acids is 1. The maximum Gasteiger partial charge on any atom is 0.358 e. The van der Waals surface area contributed by atoms with Crippen LogP contribution in [0.15, 0.2) is 4.42 Å². The monoisotopic (exact) mass is 296 g/mol. The Morgan fingerprint density at radius 2 is 1.76 bits per heavy atom. The van der Waals surface area contributed by atoms with Crippen molar-refractivity contribution in [3.8, 4) is 0 Å². The predicted octanol–water partition coefficient (Wildman–Crippen LogP) is 4.21. The summed E-state index contributed by atoms with van der Waals surface area (Å²) < 4.78 is 5.34. The van der Waals surface area contributed by atoms with Crippen LogP contribution < -0.4 is 5.73 Å². The second-order valence-electron chi connectivity index (χ2n) is 5.63. The van der Waals surface area contributed by atoms with Crippen LogP contribution in [0.5, 0.6) is 0 Å². The molecule has 1 aromatic rings. The number of hydrogen-bond donors (Lipinski definition) is 2. The summed E-state index contributed by atoms with van der Waals surface area (Å²) in [6.07, 6.45) is 10.8. The SMILES string of the molecule is CCCCCCCCCC[C@@H](N)c1nc(C(=O)O)c(C)o1. The Morgan fingerprint density at radius 3 is 2.29 bits per heavy atom. The molecular weight excluding hydrogens is 268 g/mol.